The summed E-state index contributed by atoms with van der Waals surface area (Å²) in [5, 5.41) is 10.7. The Labute approximate surface area is 166 Å². The standard InChI is InChI=1S/C21H23F4NO3/c1-19(2,16-10-15(22)8-9-17(16)29-3)12-20(28,21(23,24)25)11-13-4-6-14(7-5-13)18(26)27/h4-10,28H,11-12H2,1-3H3,(H2,26,27). The summed E-state index contributed by atoms with van der Waals surface area (Å²) in [5.41, 5.74) is 1.31. The number of alkyl halides is 3. The van der Waals surface area contributed by atoms with Gasteiger partial charge in [0.1, 0.15) is 11.6 Å². The SMILES string of the molecule is COc1ccc(F)cc1C(C)(C)CC(O)(Cc1ccc(C(N)=O)cc1)C(F)(F)F. The monoisotopic (exact) mass is 413 g/mol. The van der Waals surface area contributed by atoms with E-state index in [-0.39, 0.29) is 22.4 Å². The van der Waals surface area contributed by atoms with E-state index >= 15 is 0 Å². The van der Waals surface area contributed by atoms with Crippen molar-refractivity contribution >= 4 is 5.91 Å². The van der Waals surface area contributed by atoms with Crippen LogP contribution in [0.2, 0.25) is 0 Å². The van der Waals surface area contributed by atoms with Crippen LogP contribution in [0.4, 0.5) is 17.6 Å². The lowest BCUT2D eigenvalue weighted by molar-refractivity contribution is -0.266. The van der Waals surface area contributed by atoms with Gasteiger partial charge < -0.3 is 15.6 Å². The van der Waals surface area contributed by atoms with Crippen molar-refractivity contribution in [1.82, 2.24) is 0 Å². The van der Waals surface area contributed by atoms with E-state index in [1.165, 1.54) is 51.3 Å². The predicted molar refractivity (Wildman–Crippen MR) is 100 cm³/mol. The van der Waals surface area contributed by atoms with E-state index in [0.717, 1.165) is 12.1 Å². The van der Waals surface area contributed by atoms with E-state index in [0.29, 0.717) is 0 Å². The minimum absolute atomic E-state index is 0.147. The number of aliphatic hydroxyl groups is 1. The summed E-state index contributed by atoms with van der Waals surface area (Å²) in [6.07, 6.45) is -6.43. The normalized spacial score (nSPS) is 14.3. The molecule has 0 aliphatic carbocycles. The molecule has 0 heterocycles. The maximum atomic E-state index is 13.9. The van der Waals surface area contributed by atoms with Crippen molar-refractivity contribution in [3.63, 3.8) is 0 Å². The van der Waals surface area contributed by atoms with Gasteiger partial charge in [0.25, 0.3) is 0 Å². The Morgan fingerprint density at radius 1 is 1.10 bits per heavy atom. The predicted octanol–water partition coefficient (Wildman–Crippen LogP) is 4.14. The van der Waals surface area contributed by atoms with E-state index in [2.05, 4.69) is 0 Å². The molecule has 2 aromatic carbocycles. The van der Waals surface area contributed by atoms with Crippen LogP contribution in [-0.2, 0) is 11.8 Å². The molecule has 1 unspecified atom stereocenters. The molecule has 0 aliphatic heterocycles. The lowest BCUT2D eigenvalue weighted by Gasteiger charge is -2.38. The van der Waals surface area contributed by atoms with Crippen molar-refractivity contribution in [2.24, 2.45) is 5.73 Å². The lowest BCUT2D eigenvalue weighted by atomic mass is 9.72. The van der Waals surface area contributed by atoms with Gasteiger partial charge in [-0.1, -0.05) is 26.0 Å². The van der Waals surface area contributed by atoms with E-state index in [4.69, 9.17) is 10.5 Å². The molecule has 0 spiro atoms. The summed E-state index contributed by atoms with van der Waals surface area (Å²) < 4.78 is 60.5. The molecule has 0 saturated heterocycles. The fourth-order valence-corrected chi connectivity index (χ4v) is 3.42. The number of amides is 1. The third kappa shape index (κ3) is 5.06. The highest BCUT2D eigenvalue weighted by atomic mass is 19.4. The Bertz CT molecular complexity index is 878. The van der Waals surface area contributed by atoms with Gasteiger partial charge in [0, 0.05) is 17.5 Å². The summed E-state index contributed by atoms with van der Waals surface area (Å²) in [4.78, 5) is 11.1. The van der Waals surface area contributed by atoms with Crippen LogP contribution in [0.3, 0.4) is 0 Å². The number of carbonyl (C=O) groups is 1. The highest BCUT2D eigenvalue weighted by Gasteiger charge is 2.56. The van der Waals surface area contributed by atoms with Crippen LogP contribution in [0, 0.1) is 5.82 Å². The van der Waals surface area contributed by atoms with Crippen LogP contribution in [0.5, 0.6) is 5.75 Å². The minimum atomic E-state index is -4.95. The van der Waals surface area contributed by atoms with Crippen molar-refractivity contribution in [3.8, 4) is 5.75 Å². The maximum absolute atomic E-state index is 13.9. The van der Waals surface area contributed by atoms with Gasteiger partial charge in [0.05, 0.1) is 7.11 Å². The Balaban J connectivity index is 2.41. The zero-order valence-corrected chi connectivity index (χ0v) is 16.3. The van der Waals surface area contributed by atoms with Crippen LogP contribution in [0.15, 0.2) is 42.5 Å². The molecule has 2 aromatic rings. The highest BCUT2D eigenvalue weighted by Crippen LogP contribution is 2.45. The molecule has 0 aliphatic rings. The molecule has 29 heavy (non-hydrogen) atoms. The average molecular weight is 413 g/mol. The quantitative estimate of drug-likeness (QED) is 0.671. The zero-order chi connectivity index (χ0) is 22.0. The molecular formula is C21H23F4NO3. The third-order valence-corrected chi connectivity index (χ3v) is 4.89. The van der Waals surface area contributed by atoms with E-state index in [1.54, 1.807) is 0 Å². The summed E-state index contributed by atoms with van der Waals surface area (Å²) in [5.74, 6) is -1.10. The summed E-state index contributed by atoms with van der Waals surface area (Å²) in [6, 6.07) is 8.82. The van der Waals surface area contributed by atoms with Gasteiger partial charge >= 0.3 is 6.18 Å². The van der Waals surface area contributed by atoms with Gasteiger partial charge in [-0.15, -0.1) is 0 Å². The minimum Gasteiger partial charge on any atom is -0.496 e. The summed E-state index contributed by atoms with van der Waals surface area (Å²) >= 11 is 0. The van der Waals surface area contributed by atoms with Gasteiger partial charge in [0.2, 0.25) is 5.91 Å². The largest absolute Gasteiger partial charge is 0.496 e. The second-order valence-electron chi connectivity index (χ2n) is 7.67. The Kier molecular flexibility index (Phi) is 6.27. The number of hydrogen-bond donors (Lipinski definition) is 2. The number of hydrogen-bond acceptors (Lipinski definition) is 3. The van der Waals surface area contributed by atoms with Crippen LogP contribution >= 0.6 is 0 Å². The molecule has 158 valence electrons. The molecule has 0 fully saturated rings. The van der Waals surface area contributed by atoms with Crippen LogP contribution in [0.1, 0.15) is 41.8 Å². The topological polar surface area (TPSA) is 72.6 Å². The molecule has 1 atom stereocenters. The van der Waals surface area contributed by atoms with Crippen LogP contribution < -0.4 is 10.5 Å². The number of carbonyl (C=O) groups excluding carboxylic acids is 1. The van der Waals surface area contributed by atoms with Crippen LogP contribution in [0.25, 0.3) is 0 Å². The van der Waals surface area contributed by atoms with Crippen molar-refractivity contribution < 1.29 is 32.2 Å². The van der Waals surface area contributed by atoms with E-state index < -0.39 is 41.8 Å². The Hall–Kier alpha value is -2.61. The Morgan fingerprint density at radius 3 is 2.17 bits per heavy atom. The van der Waals surface area contributed by atoms with Gasteiger partial charge in [-0.2, -0.15) is 13.2 Å². The van der Waals surface area contributed by atoms with Crippen molar-refractivity contribution in [2.75, 3.05) is 7.11 Å². The molecule has 3 N–H and O–H groups in total. The van der Waals surface area contributed by atoms with Gasteiger partial charge in [-0.3, -0.25) is 4.79 Å². The summed E-state index contributed by atoms with van der Waals surface area (Å²) in [7, 11) is 1.34. The second kappa shape index (κ2) is 8.02. The highest BCUT2D eigenvalue weighted by molar-refractivity contribution is 5.92. The molecule has 4 nitrogen and oxygen atoms in total. The molecule has 2 rings (SSSR count). The van der Waals surface area contributed by atoms with Crippen LogP contribution in [-0.4, -0.2) is 29.9 Å². The zero-order valence-electron chi connectivity index (χ0n) is 16.3. The van der Waals surface area contributed by atoms with Crippen molar-refractivity contribution in [2.45, 2.75) is 43.9 Å². The smallest absolute Gasteiger partial charge is 0.417 e. The molecule has 0 bridgehead atoms. The molecule has 0 aromatic heterocycles. The number of methoxy groups -OCH3 is 1. The van der Waals surface area contributed by atoms with Crippen molar-refractivity contribution in [3.05, 3.63) is 65.0 Å². The fourth-order valence-electron chi connectivity index (χ4n) is 3.42. The number of primary amides is 1. The lowest BCUT2D eigenvalue weighted by Crippen LogP contribution is -2.50. The molecule has 8 heteroatoms. The van der Waals surface area contributed by atoms with Gasteiger partial charge in [-0.05, 0) is 47.7 Å². The first-order valence-corrected chi connectivity index (χ1v) is 8.81. The first-order chi connectivity index (χ1) is 13.3. The maximum Gasteiger partial charge on any atom is 0.417 e. The number of rotatable bonds is 7. The second-order valence-corrected chi connectivity index (χ2v) is 7.67. The molecule has 0 saturated carbocycles. The number of ether oxygens (including phenoxy) is 1. The first-order valence-electron chi connectivity index (χ1n) is 8.81. The first kappa shape index (κ1) is 22.7. The van der Waals surface area contributed by atoms with Crippen molar-refractivity contribution in [1.29, 1.82) is 0 Å². The van der Waals surface area contributed by atoms with E-state index in [9.17, 15) is 27.5 Å². The van der Waals surface area contributed by atoms with Gasteiger partial charge in [0.15, 0.2) is 5.60 Å². The molecule has 1 amide bonds. The molecular weight excluding hydrogens is 390 g/mol. The number of halogens is 4. The third-order valence-electron chi connectivity index (χ3n) is 4.89. The Morgan fingerprint density at radius 2 is 1.69 bits per heavy atom. The fraction of sp³-hybridized carbons (Fsp3) is 0.381. The summed E-state index contributed by atoms with van der Waals surface area (Å²) in [6.45, 7) is 2.97. The number of benzene rings is 2. The number of nitrogens with two attached hydrogens (primary N) is 1. The molecule has 0 radical (unpaired) electrons. The van der Waals surface area contributed by atoms with E-state index in [1.807, 2.05) is 0 Å². The van der Waals surface area contributed by atoms with Gasteiger partial charge in [-0.25, -0.2) is 4.39 Å². The average Bonchev–Trinajstić information content (AvgIpc) is 2.60.